The van der Waals surface area contributed by atoms with Gasteiger partial charge in [0.1, 0.15) is 12.7 Å². The number of rotatable bonds is 4. The van der Waals surface area contributed by atoms with Crippen LogP contribution in [0.25, 0.3) is 5.95 Å². The molecule has 16 heavy (non-hydrogen) atoms. The zero-order valence-electron chi connectivity index (χ0n) is 8.95. The van der Waals surface area contributed by atoms with Crippen LogP contribution in [-0.4, -0.2) is 43.4 Å². The molecule has 2 heterocycles. The van der Waals surface area contributed by atoms with Gasteiger partial charge in [-0.05, 0) is 6.92 Å². The second-order valence-corrected chi connectivity index (χ2v) is 2.76. The van der Waals surface area contributed by atoms with E-state index in [4.69, 9.17) is 4.74 Å². The van der Waals surface area contributed by atoms with Gasteiger partial charge >= 0.3 is 6.01 Å². The highest BCUT2D eigenvalue weighted by molar-refractivity contribution is 5.28. The standard InChI is InChI=1S/C8H11N7O/c1-3-16-8-13-6(9-2)12-7(14-8)15-5-10-4-11-15/h4-5H,3H2,1-2H3,(H,9,12,13,14). The summed E-state index contributed by atoms with van der Waals surface area (Å²) in [6.45, 7) is 2.35. The summed E-state index contributed by atoms with van der Waals surface area (Å²) in [4.78, 5) is 16.1. The van der Waals surface area contributed by atoms with E-state index in [1.165, 1.54) is 17.3 Å². The zero-order chi connectivity index (χ0) is 11.4. The van der Waals surface area contributed by atoms with Gasteiger partial charge in [0.25, 0.3) is 5.95 Å². The van der Waals surface area contributed by atoms with E-state index in [1.54, 1.807) is 7.05 Å². The Hall–Kier alpha value is -2.25. The average molecular weight is 221 g/mol. The van der Waals surface area contributed by atoms with Crippen molar-refractivity contribution in [1.82, 2.24) is 29.7 Å². The van der Waals surface area contributed by atoms with Crippen molar-refractivity contribution in [2.75, 3.05) is 19.0 Å². The molecule has 0 spiro atoms. The molecule has 0 aliphatic heterocycles. The lowest BCUT2D eigenvalue weighted by Gasteiger charge is -2.05. The van der Waals surface area contributed by atoms with Crippen LogP contribution in [0, 0.1) is 0 Å². The molecular weight excluding hydrogens is 210 g/mol. The van der Waals surface area contributed by atoms with Crippen LogP contribution in [0.2, 0.25) is 0 Å². The maximum absolute atomic E-state index is 5.22. The van der Waals surface area contributed by atoms with Gasteiger partial charge in [0.2, 0.25) is 5.95 Å². The van der Waals surface area contributed by atoms with Gasteiger partial charge in [0.05, 0.1) is 6.61 Å². The van der Waals surface area contributed by atoms with Gasteiger partial charge in [-0.25, -0.2) is 4.98 Å². The van der Waals surface area contributed by atoms with Crippen molar-refractivity contribution < 1.29 is 4.74 Å². The number of ether oxygens (including phenoxy) is 1. The number of aromatic nitrogens is 6. The second kappa shape index (κ2) is 4.51. The van der Waals surface area contributed by atoms with Crippen molar-refractivity contribution in [3.63, 3.8) is 0 Å². The van der Waals surface area contributed by atoms with Gasteiger partial charge in [-0.1, -0.05) is 0 Å². The number of nitrogens with zero attached hydrogens (tertiary/aromatic N) is 6. The Morgan fingerprint density at radius 2 is 2.25 bits per heavy atom. The van der Waals surface area contributed by atoms with Crippen LogP contribution in [0.4, 0.5) is 5.95 Å². The average Bonchev–Trinajstić information content (AvgIpc) is 2.82. The summed E-state index contributed by atoms with van der Waals surface area (Å²) in [5.41, 5.74) is 0. The van der Waals surface area contributed by atoms with Crippen LogP contribution < -0.4 is 10.1 Å². The maximum Gasteiger partial charge on any atom is 0.323 e. The zero-order valence-corrected chi connectivity index (χ0v) is 8.95. The lowest BCUT2D eigenvalue weighted by molar-refractivity contribution is 0.311. The minimum absolute atomic E-state index is 0.257. The molecule has 0 aromatic carbocycles. The van der Waals surface area contributed by atoms with Crippen molar-refractivity contribution in [3.8, 4) is 12.0 Å². The molecule has 8 nitrogen and oxygen atoms in total. The summed E-state index contributed by atoms with van der Waals surface area (Å²) >= 11 is 0. The molecule has 0 radical (unpaired) electrons. The molecule has 2 aromatic rings. The molecule has 0 saturated carbocycles. The lowest BCUT2D eigenvalue weighted by Crippen LogP contribution is -2.09. The first-order chi connectivity index (χ1) is 7.83. The Bertz CT molecular complexity index is 455. The third-order valence-corrected chi connectivity index (χ3v) is 1.72. The third-order valence-electron chi connectivity index (χ3n) is 1.72. The molecule has 0 saturated heterocycles. The minimum Gasteiger partial charge on any atom is -0.464 e. The molecule has 0 bridgehead atoms. The van der Waals surface area contributed by atoms with E-state index in [0.29, 0.717) is 18.5 Å². The maximum atomic E-state index is 5.22. The Morgan fingerprint density at radius 1 is 1.38 bits per heavy atom. The summed E-state index contributed by atoms with van der Waals surface area (Å²) in [5, 5.41) is 6.76. The number of hydrogen-bond donors (Lipinski definition) is 1. The fourth-order valence-electron chi connectivity index (χ4n) is 1.07. The van der Waals surface area contributed by atoms with Gasteiger partial charge in [-0.2, -0.15) is 24.7 Å². The topological polar surface area (TPSA) is 90.6 Å². The Kier molecular flexibility index (Phi) is 2.90. The summed E-state index contributed by atoms with van der Waals surface area (Å²) in [6, 6.07) is 0.257. The van der Waals surface area contributed by atoms with E-state index < -0.39 is 0 Å². The SMILES string of the molecule is CCOc1nc(NC)nc(-n2cncn2)n1. The van der Waals surface area contributed by atoms with Gasteiger partial charge in [0, 0.05) is 7.05 Å². The number of nitrogens with one attached hydrogen (secondary N) is 1. The second-order valence-electron chi connectivity index (χ2n) is 2.76. The van der Waals surface area contributed by atoms with Crippen LogP contribution >= 0.6 is 0 Å². The van der Waals surface area contributed by atoms with Crippen LogP contribution in [0.5, 0.6) is 6.01 Å². The van der Waals surface area contributed by atoms with Crippen molar-refractivity contribution in [2.24, 2.45) is 0 Å². The largest absolute Gasteiger partial charge is 0.464 e. The normalized spacial score (nSPS) is 10.1. The van der Waals surface area contributed by atoms with Crippen LogP contribution in [-0.2, 0) is 0 Å². The van der Waals surface area contributed by atoms with Gasteiger partial charge in [-0.3, -0.25) is 0 Å². The first-order valence-electron chi connectivity index (χ1n) is 4.75. The van der Waals surface area contributed by atoms with Gasteiger partial charge in [0.15, 0.2) is 0 Å². The Balaban J connectivity index is 2.41. The molecule has 0 fully saturated rings. The molecule has 0 atom stereocenters. The fraction of sp³-hybridized carbons (Fsp3) is 0.375. The summed E-state index contributed by atoms with van der Waals surface area (Å²) < 4.78 is 6.66. The summed E-state index contributed by atoms with van der Waals surface area (Å²) in [6.07, 6.45) is 2.91. The highest BCUT2D eigenvalue weighted by Gasteiger charge is 2.08. The number of hydrogen-bond acceptors (Lipinski definition) is 7. The number of anilines is 1. The molecule has 84 valence electrons. The molecule has 0 unspecified atom stereocenters. The van der Waals surface area contributed by atoms with E-state index >= 15 is 0 Å². The van der Waals surface area contributed by atoms with Gasteiger partial charge in [-0.15, -0.1) is 0 Å². The Morgan fingerprint density at radius 3 is 2.88 bits per heavy atom. The molecular formula is C8H11N7O. The van der Waals surface area contributed by atoms with Crippen molar-refractivity contribution in [3.05, 3.63) is 12.7 Å². The van der Waals surface area contributed by atoms with E-state index in [-0.39, 0.29) is 6.01 Å². The third kappa shape index (κ3) is 2.05. The Labute approximate surface area is 91.7 Å². The monoisotopic (exact) mass is 221 g/mol. The summed E-state index contributed by atoms with van der Waals surface area (Å²) in [5.74, 6) is 0.782. The molecule has 0 amide bonds. The first kappa shape index (κ1) is 10.3. The summed E-state index contributed by atoms with van der Waals surface area (Å²) in [7, 11) is 1.72. The highest BCUT2D eigenvalue weighted by Crippen LogP contribution is 2.09. The minimum atomic E-state index is 0.257. The molecule has 1 N–H and O–H groups in total. The van der Waals surface area contributed by atoms with Gasteiger partial charge < -0.3 is 10.1 Å². The van der Waals surface area contributed by atoms with E-state index in [2.05, 4.69) is 30.4 Å². The van der Waals surface area contributed by atoms with Crippen molar-refractivity contribution in [1.29, 1.82) is 0 Å². The van der Waals surface area contributed by atoms with E-state index in [0.717, 1.165) is 0 Å². The molecule has 0 aliphatic rings. The molecule has 2 rings (SSSR count). The molecule has 2 aromatic heterocycles. The first-order valence-corrected chi connectivity index (χ1v) is 4.75. The van der Waals surface area contributed by atoms with E-state index in [1.807, 2.05) is 6.92 Å². The van der Waals surface area contributed by atoms with Crippen LogP contribution in [0.3, 0.4) is 0 Å². The van der Waals surface area contributed by atoms with E-state index in [9.17, 15) is 0 Å². The van der Waals surface area contributed by atoms with Crippen LogP contribution in [0.15, 0.2) is 12.7 Å². The molecule has 0 aliphatic carbocycles. The highest BCUT2D eigenvalue weighted by atomic mass is 16.5. The predicted octanol–water partition coefficient (Wildman–Crippen LogP) is -0.107. The smallest absolute Gasteiger partial charge is 0.323 e. The lowest BCUT2D eigenvalue weighted by atomic mass is 10.8. The van der Waals surface area contributed by atoms with Crippen LogP contribution in [0.1, 0.15) is 6.92 Å². The quantitative estimate of drug-likeness (QED) is 0.770. The molecule has 8 heteroatoms. The van der Waals surface area contributed by atoms with Crippen molar-refractivity contribution >= 4 is 5.95 Å². The predicted molar refractivity (Wildman–Crippen MR) is 55.5 cm³/mol. The fourth-order valence-corrected chi connectivity index (χ4v) is 1.07. The van der Waals surface area contributed by atoms with Crippen molar-refractivity contribution in [2.45, 2.75) is 6.92 Å².